The first kappa shape index (κ1) is 11.4. The van der Waals surface area contributed by atoms with Gasteiger partial charge in [-0.05, 0) is 6.07 Å². The molecule has 5 nitrogen and oxygen atoms in total. The minimum atomic E-state index is -0.465. The fourth-order valence-electron chi connectivity index (χ4n) is 1.75. The molecule has 17 heavy (non-hydrogen) atoms. The Balaban J connectivity index is 2.50. The molecule has 2 aromatic heterocycles. The van der Waals surface area contributed by atoms with Crippen molar-refractivity contribution in [1.82, 2.24) is 9.78 Å². The Morgan fingerprint density at radius 1 is 1.59 bits per heavy atom. The molecule has 0 aliphatic heterocycles. The summed E-state index contributed by atoms with van der Waals surface area (Å²) in [7, 11) is 3.18. The van der Waals surface area contributed by atoms with Crippen molar-refractivity contribution in [1.29, 1.82) is 0 Å². The van der Waals surface area contributed by atoms with Gasteiger partial charge in [0.25, 0.3) is 0 Å². The van der Waals surface area contributed by atoms with Crippen LogP contribution in [-0.4, -0.2) is 22.9 Å². The average molecular weight is 234 g/mol. The number of ether oxygens (including phenoxy) is 1. The highest BCUT2D eigenvalue weighted by Crippen LogP contribution is 2.27. The number of rotatable bonds is 3. The lowest BCUT2D eigenvalue weighted by Gasteiger charge is -1.99. The normalized spacial score (nSPS) is 10.5. The molecule has 0 radical (unpaired) electrons. The Morgan fingerprint density at radius 2 is 2.35 bits per heavy atom. The van der Waals surface area contributed by atoms with E-state index in [-0.39, 0.29) is 5.76 Å². The molecule has 2 heterocycles. The quantitative estimate of drug-likeness (QED) is 0.762. The molecule has 0 saturated carbocycles. The van der Waals surface area contributed by atoms with Gasteiger partial charge in [0, 0.05) is 31.3 Å². The van der Waals surface area contributed by atoms with Gasteiger partial charge in [0.05, 0.1) is 12.8 Å². The number of aryl methyl sites for hydroxylation is 2. The molecule has 0 aliphatic rings. The summed E-state index contributed by atoms with van der Waals surface area (Å²) < 4.78 is 11.9. The van der Waals surface area contributed by atoms with Crippen LogP contribution in [0.3, 0.4) is 0 Å². The van der Waals surface area contributed by atoms with E-state index in [2.05, 4.69) is 9.84 Å². The van der Waals surface area contributed by atoms with Crippen molar-refractivity contribution in [3.63, 3.8) is 0 Å². The molecule has 0 aliphatic carbocycles. The molecular weight excluding hydrogens is 220 g/mol. The molecule has 2 aromatic rings. The van der Waals surface area contributed by atoms with E-state index < -0.39 is 5.97 Å². The van der Waals surface area contributed by atoms with Gasteiger partial charge in [0.1, 0.15) is 5.76 Å². The van der Waals surface area contributed by atoms with Crippen LogP contribution in [0.4, 0.5) is 0 Å². The molecule has 0 fully saturated rings. The van der Waals surface area contributed by atoms with Gasteiger partial charge < -0.3 is 9.15 Å². The van der Waals surface area contributed by atoms with Crippen LogP contribution >= 0.6 is 0 Å². The SMILES string of the molecule is CCc1oc(C(=O)OC)cc1-c1ccnn1C. The van der Waals surface area contributed by atoms with E-state index in [4.69, 9.17) is 4.42 Å². The number of nitrogens with zero attached hydrogens (tertiary/aromatic N) is 2. The van der Waals surface area contributed by atoms with Crippen LogP contribution in [0.1, 0.15) is 23.2 Å². The highest BCUT2D eigenvalue weighted by molar-refractivity contribution is 5.88. The highest BCUT2D eigenvalue weighted by atomic mass is 16.5. The summed E-state index contributed by atoms with van der Waals surface area (Å²) >= 11 is 0. The molecule has 5 heteroatoms. The van der Waals surface area contributed by atoms with Gasteiger partial charge in [-0.1, -0.05) is 6.92 Å². The number of carbonyl (C=O) groups excluding carboxylic acids is 1. The van der Waals surface area contributed by atoms with Gasteiger partial charge in [-0.3, -0.25) is 4.68 Å². The van der Waals surface area contributed by atoms with Gasteiger partial charge >= 0.3 is 5.97 Å². The summed E-state index contributed by atoms with van der Waals surface area (Å²) in [6.07, 6.45) is 2.41. The predicted octanol–water partition coefficient (Wildman–Crippen LogP) is 2.03. The van der Waals surface area contributed by atoms with E-state index in [1.807, 2.05) is 20.0 Å². The molecule has 0 unspecified atom stereocenters. The second-order valence-corrected chi connectivity index (χ2v) is 3.63. The third kappa shape index (κ3) is 1.95. The standard InChI is InChI=1S/C12H14N2O3/c1-4-10-8(9-5-6-13-14(9)2)7-11(17-10)12(15)16-3/h5-7H,4H2,1-3H3. The van der Waals surface area contributed by atoms with Crippen LogP contribution in [0.25, 0.3) is 11.3 Å². The zero-order valence-electron chi connectivity index (χ0n) is 10.1. The van der Waals surface area contributed by atoms with E-state index in [0.717, 1.165) is 17.0 Å². The Kier molecular flexibility index (Phi) is 2.99. The molecule has 0 saturated heterocycles. The first-order valence-corrected chi connectivity index (χ1v) is 5.36. The zero-order chi connectivity index (χ0) is 12.4. The van der Waals surface area contributed by atoms with Crippen molar-refractivity contribution >= 4 is 5.97 Å². The molecule has 0 spiro atoms. The molecule has 0 N–H and O–H groups in total. The van der Waals surface area contributed by atoms with Gasteiger partial charge in [-0.2, -0.15) is 5.10 Å². The van der Waals surface area contributed by atoms with Crippen LogP contribution in [0, 0.1) is 0 Å². The van der Waals surface area contributed by atoms with Gasteiger partial charge in [-0.15, -0.1) is 0 Å². The third-order valence-corrected chi connectivity index (χ3v) is 2.61. The van der Waals surface area contributed by atoms with Crippen LogP contribution in [0.5, 0.6) is 0 Å². The molecule has 0 bridgehead atoms. The van der Waals surface area contributed by atoms with E-state index in [1.165, 1.54) is 7.11 Å². The minimum absolute atomic E-state index is 0.223. The van der Waals surface area contributed by atoms with Crippen molar-refractivity contribution in [2.45, 2.75) is 13.3 Å². The highest BCUT2D eigenvalue weighted by Gasteiger charge is 2.18. The van der Waals surface area contributed by atoms with Crippen LogP contribution in [-0.2, 0) is 18.2 Å². The van der Waals surface area contributed by atoms with Crippen molar-refractivity contribution < 1.29 is 13.9 Å². The predicted molar refractivity (Wildman–Crippen MR) is 61.6 cm³/mol. The summed E-state index contributed by atoms with van der Waals surface area (Å²) in [6, 6.07) is 3.58. The summed E-state index contributed by atoms with van der Waals surface area (Å²) in [4.78, 5) is 11.4. The molecule has 0 amide bonds. The van der Waals surface area contributed by atoms with Gasteiger partial charge in [0.15, 0.2) is 0 Å². The zero-order valence-corrected chi connectivity index (χ0v) is 10.1. The number of hydrogen-bond donors (Lipinski definition) is 0. The van der Waals surface area contributed by atoms with Crippen LogP contribution in [0.2, 0.25) is 0 Å². The smallest absolute Gasteiger partial charge is 0.373 e. The second-order valence-electron chi connectivity index (χ2n) is 3.63. The number of hydrogen-bond acceptors (Lipinski definition) is 4. The summed E-state index contributed by atoms with van der Waals surface area (Å²) in [6.45, 7) is 1.97. The Bertz CT molecular complexity index is 540. The van der Waals surface area contributed by atoms with Crippen molar-refractivity contribution in [3.8, 4) is 11.3 Å². The first-order valence-electron chi connectivity index (χ1n) is 5.36. The van der Waals surface area contributed by atoms with Crippen LogP contribution in [0.15, 0.2) is 22.7 Å². The van der Waals surface area contributed by atoms with Crippen LogP contribution < -0.4 is 0 Å². The third-order valence-electron chi connectivity index (χ3n) is 2.61. The Hall–Kier alpha value is -2.04. The monoisotopic (exact) mass is 234 g/mol. The molecule has 90 valence electrons. The van der Waals surface area contributed by atoms with Crippen molar-refractivity contribution in [2.75, 3.05) is 7.11 Å². The number of carbonyl (C=O) groups is 1. The maximum atomic E-state index is 11.4. The summed E-state index contributed by atoms with van der Waals surface area (Å²) in [5.74, 6) is 0.516. The number of furan rings is 1. The lowest BCUT2D eigenvalue weighted by molar-refractivity contribution is 0.0563. The molecule has 0 aromatic carbocycles. The fourth-order valence-corrected chi connectivity index (χ4v) is 1.75. The lowest BCUT2D eigenvalue weighted by atomic mass is 10.1. The Morgan fingerprint density at radius 3 is 2.88 bits per heavy atom. The van der Waals surface area contributed by atoms with Gasteiger partial charge in [0.2, 0.25) is 5.76 Å². The minimum Gasteiger partial charge on any atom is -0.463 e. The van der Waals surface area contributed by atoms with E-state index >= 15 is 0 Å². The second kappa shape index (κ2) is 4.45. The summed E-state index contributed by atoms with van der Waals surface area (Å²) in [5, 5.41) is 4.10. The maximum Gasteiger partial charge on any atom is 0.373 e. The largest absolute Gasteiger partial charge is 0.463 e. The molecule has 2 rings (SSSR count). The Labute approximate surface area is 99.0 Å². The summed E-state index contributed by atoms with van der Waals surface area (Å²) in [5.41, 5.74) is 1.80. The topological polar surface area (TPSA) is 57.3 Å². The molecule has 0 atom stereocenters. The first-order chi connectivity index (χ1) is 8.17. The number of aromatic nitrogens is 2. The van der Waals surface area contributed by atoms with Gasteiger partial charge in [-0.25, -0.2) is 4.79 Å². The average Bonchev–Trinajstić information content (AvgIpc) is 2.93. The lowest BCUT2D eigenvalue weighted by Crippen LogP contribution is -1.98. The van der Waals surface area contributed by atoms with E-state index in [1.54, 1.807) is 16.9 Å². The number of methoxy groups -OCH3 is 1. The van der Waals surface area contributed by atoms with E-state index in [9.17, 15) is 4.79 Å². The number of esters is 1. The van der Waals surface area contributed by atoms with Crippen molar-refractivity contribution in [2.24, 2.45) is 7.05 Å². The fraction of sp³-hybridized carbons (Fsp3) is 0.333. The van der Waals surface area contributed by atoms with E-state index in [0.29, 0.717) is 6.42 Å². The van der Waals surface area contributed by atoms with Crippen molar-refractivity contribution in [3.05, 3.63) is 29.9 Å². The molecular formula is C12H14N2O3. The maximum absolute atomic E-state index is 11.4.